The van der Waals surface area contributed by atoms with Crippen LogP contribution in [-0.2, 0) is 19.9 Å². The SMILES string of the molecule is CC(CBr)(OC1COCOC1)n1cnc2c(N)ncnc21. The van der Waals surface area contributed by atoms with Gasteiger partial charge in [-0.05, 0) is 6.92 Å². The number of alkyl halides is 1. The van der Waals surface area contributed by atoms with Crippen molar-refractivity contribution in [1.29, 1.82) is 0 Å². The van der Waals surface area contributed by atoms with Gasteiger partial charge in [-0.1, -0.05) is 15.9 Å². The molecule has 0 saturated carbocycles. The molecule has 3 rings (SSSR count). The minimum Gasteiger partial charge on any atom is -0.382 e. The summed E-state index contributed by atoms with van der Waals surface area (Å²) in [5.41, 5.74) is 6.32. The fourth-order valence-corrected chi connectivity index (χ4v) is 2.65. The third kappa shape index (κ3) is 2.73. The molecule has 0 radical (unpaired) electrons. The van der Waals surface area contributed by atoms with Gasteiger partial charge in [0.15, 0.2) is 17.2 Å². The topological polar surface area (TPSA) is 97.3 Å². The number of anilines is 1. The van der Waals surface area contributed by atoms with Crippen molar-refractivity contribution in [1.82, 2.24) is 19.5 Å². The quantitative estimate of drug-likeness (QED) is 0.810. The van der Waals surface area contributed by atoms with E-state index >= 15 is 0 Å². The lowest BCUT2D eigenvalue weighted by atomic mass is 10.2. The fraction of sp³-hybridized carbons (Fsp3) is 0.583. The minimum absolute atomic E-state index is 0.155. The first kappa shape index (κ1) is 14.6. The standard InChI is InChI=1S/C12H16BrN5O3/c1-12(4-13,21-8-2-19-7-20-3-8)18-6-17-9-10(14)15-5-16-11(9)18/h5-6,8H,2-4,7H2,1H3,(H2,14,15,16). The number of halogens is 1. The van der Waals surface area contributed by atoms with Crippen LogP contribution in [0.25, 0.3) is 11.2 Å². The summed E-state index contributed by atoms with van der Waals surface area (Å²) in [6, 6.07) is 0. The molecule has 0 aromatic carbocycles. The second-order valence-corrected chi connectivity index (χ2v) is 5.51. The summed E-state index contributed by atoms with van der Waals surface area (Å²) in [6.07, 6.45) is 2.91. The van der Waals surface area contributed by atoms with E-state index in [1.165, 1.54) is 6.33 Å². The zero-order valence-corrected chi connectivity index (χ0v) is 13.1. The van der Waals surface area contributed by atoms with Gasteiger partial charge in [-0.3, -0.25) is 4.57 Å². The minimum atomic E-state index is -0.690. The molecule has 114 valence electrons. The van der Waals surface area contributed by atoms with Crippen molar-refractivity contribution in [3.05, 3.63) is 12.7 Å². The second kappa shape index (κ2) is 5.84. The van der Waals surface area contributed by atoms with Crippen molar-refractivity contribution in [2.24, 2.45) is 0 Å². The Kier molecular flexibility index (Phi) is 4.07. The van der Waals surface area contributed by atoms with Gasteiger partial charge in [0.05, 0.1) is 24.9 Å². The van der Waals surface area contributed by atoms with Crippen LogP contribution in [0.5, 0.6) is 0 Å². The highest BCUT2D eigenvalue weighted by Gasteiger charge is 2.33. The summed E-state index contributed by atoms with van der Waals surface area (Å²) in [5.74, 6) is 0.347. The van der Waals surface area contributed by atoms with Gasteiger partial charge in [-0.15, -0.1) is 0 Å². The fourth-order valence-electron chi connectivity index (χ4n) is 2.24. The van der Waals surface area contributed by atoms with E-state index in [4.69, 9.17) is 19.9 Å². The summed E-state index contributed by atoms with van der Waals surface area (Å²) in [4.78, 5) is 12.5. The number of nitrogens with zero attached hydrogens (tertiary/aromatic N) is 4. The van der Waals surface area contributed by atoms with Crippen molar-refractivity contribution in [2.45, 2.75) is 18.8 Å². The van der Waals surface area contributed by atoms with Crippen molar-refractivity contribution in [2.75, 3.05) is 31.1 Å². The highest BCUT2D eigenvalue weighted by Crippen LogP contribution is 2.28. The Labute approximate surface area is 129 Å². The molecular formula is C12H16BrN5O3. The van der Waals surface area contributed by atoms with Gasteiger partial charge in [0, 0.05) is 0 Å². The van der Waals surface area contributed by atoms with E-state index in [2.05, 4.69) is 30.9 Å². The lowest BCUT2D eigenvalue weighted by Gasteiger charge is -2.35. The molecular weight excluding hydrogens is 342 g/mol. The van der Waals surface area contributed by atoms with E-state index in [0.717, 1.165) is 0 Å². The average molecular weight is 358 g/mol. The molecule has 1 aliphatic rings. The normalized spacial score (nSPS) is 19.7. The first-order chi connectivity index (χ1) is 10.1. The molecule has 0 spiro atoms. The zero-order valence-electron chi connectivity index (χ0n) is 11.5. The monoisotopic (exact) mass is 357 g/mol. The molecule has 1 fully saturated rings. The summed E-state index contributed by atoms with van der Waals surface area (Å²) >= 11 is 3.49. The van der Waals surface area contributed by atoms with E-state index in [1.807, 2.05) is 11.5 Å². The number of nitrogen functional groups attached to an aromatic ring is 1. The van der Waals surface area contributed by atoms with Crippen molar-refractivity contribution in [3.8, 4) is 0 Å². The average Bonchev–Trinajstić information content (AvgIpc) is 2.94. The smallest absolute Gasteiger partial charge is 0.167 e. The summed E-state index contributed by atoms with van der Waals surface area (Å²) in [7, 11) is 0. The van der Waals surface area contributed by atoms with Gasteiger partial charge < -0.3 is 19.9 Å². The molecule has 21 heavy (non-hydrogen) atoms. The molecule has 0 aliphatic carbocycles. The Balaban J connectivity index is 1.94. The molecule has 1 aliphatic heterocycles. The lowest BCUT2D eigenvalue weighted by Crippen LogP contribution is -2.43. The maximum absolute atomic E-state index is 6.15. The van der Waals surface area contributed by atoms with Crippen LogP contribution in [0.3, 0.4) is 0 Å². The Bertz CT molecular complexity index is 630. The molecule has 2 N–H and O–H groups in total. The summed E-state index contributed by atoms with van der Waals surface area (Å²) in [5, 5.41) is 0.547. The number of fused-ring (bicyclic) bond motifs is 1. The number of hydrogen-bond acceptors (Lipinski definition) is 7. The Hall–Kier alpha value is -1.29. The number of ether oxygens (including phenoxy) is 3. The zero-order chi connectivity index (χ0) is 14.9. The van der Waals surface area contributed by atoms with Gasteiger partial charge >= 0.3 is 0 Å². The summed E-state index contributed by atoms with van der Waals surface area (Å²) in [6.45, 7) is 3.23. The number of nitrogens with two attached hydrogens (primary N) is 1. The molecule has 0 bridgehead atoms. The largest absolute Gasteiger partial charge is 0.382 e. The van der Waals surface area contributed by atoms with Crippen LogP contribution >= 0.6 is 15.9 Å². The predicted octanol–water partition coefficient (Wildman–Crippen LogP) is 0.866. The Morgan fingerprint density at radius 1 is 1.43 bits per heavy atom. The molecule has 2 aromatic rings. The predicted molar refractivity (Wildman–Crippen MR) is 78.8 cm³/mol. The lowest BCUT2D eigenvalue weighted by molar-refractivity contribution is -0.215. The number of rotatable bonds is 4. The van der Waals surface area contributed by atoms with Crippen LogP contribution in [0.15, 0.2) is 12.7 Å². The van der Waals surface area contributed by atoms with E-state index in [-0.39, 0.29) is 6.10 Å². The van der Waals surface area contributed by atoms with Crippen molar-refractivity contribution in [3.63, 3.8) is 0 Å². The van der Waals surface area contributed by atoms with Gasteiger partial charge in [0.2, 0.25) is 0 Å². The molecule has 3 heterocycles. The molecule has 9 heteroatoms. The van der Waals surface area contributed by atoms with Crippen molar-refractivity contribution < 1.29 is 14.2 Å². The molecule has 8 nitrogen and oxygen atoms in total. The Morgan fingerprint density at radius 3 is 2.90 bits per heavy atom. The van der Waals surface area contributed by atoms with Gasteiger partial charge in [0.1, 0.15) is 24.7 Å². The molecule has 0 amide bonds. The van der Waals surface area contributed by atoms with Crippen LogP contribution in [0.1, 0.15) is 6.92 Å². The number of aromatic nitrogens is 4. The van der Waals surface area contributed by atoms with Crippen LogP contribution in [0.4, 0.5) is 5.82 Å². The van der Waals surface area contributed by atoms with E-state index in [9.17, 15) is 0 Å². The van der Waals surface area contributed by atoms with Gasteiger partial charge in [-0.2, -0.15) is 0 Å². The van der Waals surface area contributed by atoms with Crippen LogP contribution in [-0.4, -0.2) is 51.0 Å². The second-order valence-electron chi connectivity index (χ2n) is 4.95. The highest BCUT2D eigenvalue weighted by molar-refractivity contribution is 9.09. The van der Waals surface area contributed by atoms with Crippen molar-refractivity contribution >= 4 is 32.9 Å². The maximum Gasteiger partial charge on any atom is 0.167 e. The Morgan fingerprint density at radius 2 is 2.19 bits per heavy atom. The molecule has 2 aromatic heterocycles. The molecule has 1 saturated heterocycles. The number of hydrogen-bond donors (Lipinski definition) is 1. The van der Waals surface area contributed by atoms with E-state index < -0.39 is 5.72 Å². The van der Waals surface area contributed by atoms with E-state index in [0.29, 0.717) is 42.3 Å². The summed E-state index contributed by atoms with van der Waals surface area (Å²) < 4.78 is 18.5. The van der Waals surface area contributed by atoms with Crippen LogP contribution in [0, 0.1) is 0 Å². The highest BCUT2D eigenvalue weighted by atomic mass is 79.9. The third-order valence-electron chi connectivity index (χ3n) is 3.31. The molecule has 1 atom stereocenters. The van der Waals surface area contributed by atoms with Gasteiger partial charge in [-0.25, -0.2) is 15.0 Å². The van der Waals surface area contributed by atoms with Crippen LogP contribution in [0.2, 0.25) is 0 Å². The first-order valence-corrected chi connectivity index (χ1v) is 7.59. The molecule has 1 unspecified atom stereocenters. The third-order valence-corrected chi connectivity index (χ3v) is 4.35. The van der Waals surface area contributed by atoms with Gasteiger partial charge in [0.25, 0.3) is 0 Å². The van der Waals surface area contributed by atoms with E-state index in [1.54, 1.807) is 6.33 Å². The maximum atomic E-state index is 6.15. The first-order valence-electron chi connectivity index (χ1n) is 6.47. The van der Waals surface area contributed by atoms with Crippen LogP contribution < -0.4 is 5.73 Å². The number of imidazole rings is 1.